The summed E-state index contributed by atoms with van der Waals surface area (Å²) in [5.74, 6) is -0.667. The third kappa shape index (κ3) is 10.6. The van der Waals surface area contributed by atoms with Crippen molar-refractivity contribution in [2.24, 2.45) is 22.9 Å². The third-order valence-electron chi connectivity index (χ3n) is 11.9. The van der Waals surface area contributed by atoms with Crippen molar-refractivity contribution in [1.82, 2.24) is 4.90 Å². The van der Waals surface area contributed by atoms with Crippen molar-refractivity contribution in [1.29, 1.82) is 0 Å². The number of benzene rings is 2. The number of aliphatic hydroxyl groups excluding tert-OH is 3. The molecule has 0 bridgehead atoms. The summed E-state index contributed by atoms with van der Waals surface area (Å²) in [6, 6.07) is 11.8. The molecule has 2 aliphatic heterocycles. The van der Waals surface area contributed by atoms with Gasteiger partial charge in [0.1, 0.15) is 29.6 Å². The van der Waals surface area contributed by atoms with Crippen LogP contribution >= 0.6 is 0 Å². The Morgan fingerprint density at radius 1 is 1.02 bits per heavy atom. The monoisotopic (exact) mass is 834 g/mol. The summed E-state index contributed by atoms with van der Waals surface area (Å²) in [6.07, 6.45) is 10.8. The lowest BCUT2D eigenvalue weighted by Crippen LogP contribution is -2.70. The van der Waals surface area contributed by atoms with Gasteiger partial charge in [0, 0.05) is 49.6 Å². The van der Waals surface area contributed by atoms with E-state index in [9.17, 15) is 24.9 Å². The average Bonchev–Trinajstić information content (AvgIpc) is 3.27. The molecule has 0 aromatic heterocycles. The first kappa shape index (κ1) is 45.2. The Balaban J connectivity index is 1.57. The van der Waals surface area contributed by atoms with E-state index in [2.05, 4.69) is 12.7 Å². The first-order valence-corrected chi connectivity index (χ1v) is 21.6. The van der Waals surface area contributed by atoms with Crippen molar-refractivity contribution in [3.05, 3.63) is 77.9 Å². The molecule has 1 saturated heterocycles. The van der Waals surface area contributed by atoms with Crippen LogP contribution in [0.25, 0.3) is 0 Å². The number of carbonyl (C=O) groups excluding carboxylic acids is 2. The standard InChI is InChI=1S/C46H62N2O12/c1-3-23-57-46-41(48(45(53)55-4-2)19-25-54-26-22-51)30-39(47-60-42-16-7-10-24-56-42)37-28-33(13-5-8-20-49)36(15-6-9-21-50)43(44(37)46)38-29-35(17-18-40(38)59-46)58-34-14-11-12-32(27-34)31-52/h3,11-12,14,17-18,27-29,31,33,36,41-44,49-51H,1,4-10,13,15-16,19-26,30H2,2H3/t33-,36+,41-,42?,43+,44+,46+/m0/s1. The highest BCUT2D eigenvalue weighted by molar-refractivity contribution is 6.03. The fourth-order valence-corrected chi connectivity index (χ4v) is 9.33. The zero-order chi connectivity index (χ0) is 42.3. The molecule has 6 rings (SSSR count). The number of rotatable bonds is 23. The van der Waals surface area contributed by atoms with E-state index in [-0.39, 0.29) is 77.0 Å². The molecule has 1 amide bonds. The minimum Gasteiger partial charge on any atom is -0.459 e. The molecule has 14 nitrogen and oxygen atoms in total. The number of nitrogens with zero attached hydrogens (tertiary/aromatic N) is 2. The molecule has 0 spiro atoms. The summed E-state index contributed by atoms with van der Waals surface area (Å²) in [7, 11) is 0. The maximum Gasteiger partial charge on any atom is 0.410 e. The summed E-state index contributed by atoms with van der Waals surface area (Å²) in [6.45, 7) is 6.84. The van der Waals surface area contributed by atoms with E-state index in [4.69, 9.17) is 38.4 Å². The van der Waals surface area contributed by atoms with Gasteiger partial charge in [0.15, 0.2) is 0 Å². The lowest BCUT2D eigenvalue weighted by atomic mass is 9.55. The molecule has 328 valence electrons. The second-order valence-electron chi connectivity index (χ2n) is 15.7. The summed E-state index contributed by atoms with van der Waals surface area (Å²) >= 11 is 0. The zero-order valence-corrected chi connectivity index (χ0v) is 34.8. The molecular formula is C46H62N2O12. The lowest BCUT2D eigenvalue weighted by molar-refractivity contribution is -0.256. The van der Waals surface area contributed by atoms with Crippen LogP contribution in [-0.4, -0.2) is 116 Å². The van der Waals surface area contributed by atoms with Gasteiger partial charge in [-0.2, -0.15) is 0 Å². The van der Waals surface area contributed by atoms with Crippen molar-refractivity contribution >= 4 is 18.1 Å². The third-order valence-corrected chi connectivity index (χ3v) is 11.9. The SMILES string of the molecule is C=CCO[C@@]12Oc3ccc(Oc4cccc(C=O)c4)cc3[C@H]3[C@H](CCCCO)[C@@H](CCCCO)C=C(C(=NOC4CCCCO4)C[C@@H]1N(CCOCCO)C(=O)OCC)[C@H]32. The number of carbonyl (C=O) groups is 2. The Kier molecular flexibility index (Phi) is 17.0. The second kappa shape index (κ2) is 22.5. The van der Waals surface area contributed by atoms with Crippen molar-refractivity contribution in [3.63, 3.8) is 0 Å². The van der Waals surface area contributed by atoms with Crippen LogP contribution in [0.1, 0.15) is 93.0 Å². The van der Waals surface area contributed by atoms with Crippen molar-refractivity contribution < 1.29 is 58.2 Å². The molecule has 2 aliphatic carbocycles. The van der Waals surface area contributed by atoms with E-state index in [1.54, 1.807) is 42.2 Å². The molecule has 4 aliphatic rings. The molecule has 3 N–H and O–H groups in total. The number of oxime groups is 1. The number of fused-ring (bicyclic) bond motifs is 2. The van der Waals surface area contributed by atoms with Gasteiger partial charge < -0.3 is 48.6 Å². The van der Waals surface area contributed by atoms with Crippen LogP contribution in [0, 0.1) is 17.8 Å². The van der Waals surface area contributed by atoms with Gasteiger partial charge in [0.05, 0.1) is 51.3 Å². The molecule has 2 aromatic rings. The Morgan fingerprint density at radius 2 is 1.83 bits per heavy atom. The lowest BCUT2D eigenvalue weighted by Gasteiger charge is -2.59. The number of hydrogen-bond donors (Lipinski definition) is 3. The predicted molar refractivity (Wildman–Crippen MR) is 223 cm³/mol. The van der Waals surface area contributed by atoms with Crippen molar-refractivity contribution in [3.8, 4) is 17.2 Å². The van der Waals surface area contributed by atoms with Gasteiger partial charge in [0.25, 0.3) is 0 Å². The molecule has 1 unspecified atom stereocenters. The van der Waals surface area contributed by atoms with E-state index >= 15 is 0 Å². The number of aldehydes is 1. The van der Waals surface area contributed by atoms with Gasteiger partial charge in [0.2, 0.25) is 12.1 Å². The topological polar surface area (TPSA) is 175 Å². The Morgan fingerprint density at radius 3 is 2.57 bits per heavy atom. The van der Waals surface area contributed by atoms with Crippen LogP contribution in [0.2, 0.25) is 0 Å². The van der Waals surface area contributed by atoms with E-state index in [1.807, 2.05) is 18.2 Å². The quantitative estimate of drug-likeness (QED) is 0.0457. The van der Waals surface area contributed by atoms with Gasteiger partial charge in [-0.25, -0.2) is 4.79 Å². The van der Waals surface area contributed by atoms with Crippen molar-refractivity contribution in [2.45, 2.75) is 95.2 Å². The maximum absolute atomic E-state index is 14.2. The van der Waals surface area contributed by atoms with Crippen LogP contribution < -0.4 is 9.47 Å². The molecule has 60 heavy (non-hydrogen) atoms. The van der Waals surface area contributed by atoms with Gasteiger partial charge in [-0.3, -0.25) is 9.69 Å². The zero-order valence-electron chi connectivity index (χ0n) is 34.8. The average molecular weight is 835 g/mol. The molecule has 2 heterocycles. The smallest absolute Gasteiger partial charge is 0.410 e. The Bertz CT molecular complexity index is 1780. The second-order valence-corrected chi connectivity index (χ2v) is 15.7. The number of amides is 1. The van der Waals surface area contributed by atoms with E-state index in [0.29, 0.717) is 54.4 Å². The van der Waals surface area contributed by atoms with Crippen molar-refractivity contribution in [2.75, 3.05) is 59.4 Å². The number of aliphatic hydroxyl groups is 3. The molecule has 1 saturated carbocycles. The van der Waals surface area contributed by atoms with Crippen LogP contribution in [-0.2, 0) is 23.8 Å². The van der Waals surface area contributed by atoms with Crippen LogP contribution in [0.5, 0.6) is 17.2 Å². The van der Waals surface area contributed by atoms with E-state index in [0.717, 1.165) is 55.9 Å². The summed E-state index contributed by atoms with van der Waals surface area (Å²) in [5.41, 5.74) is 2.90. The first-order valence-electron chi connectivity index (χ1n) is 21.6. The summed E-state index contributed by atoms with van der Waals surface area (Å²) in [5, 5.41) is 34.2. The molecular weight excluding hydrogens is 773 g/mol. The highest BCUT2D eigenvalue weighted by atomic mass is 16.8. The van der Waals surface area contributed by atoms with Crippen LogP contribution in [0.3, 0.4) is 0 Å². The maximum atomic E-state index is 14.2. The minimum atomic E-state index is -1.49. The van der Waals surface area contributed by atoms with Crippen LogP contribution in [0.4, 0.5) is 4.79 Å². The normalized spacial score (nSPS) is 26.2. The Labute approximate surface area is 353 Å². The number of ether oxygens (including phenoxy) is 6. The summed E-state index contributed by atoms with van der Waals surface area (Å²) in [4.78, 5) is 33.6. The van der Waals surface area contributed by atoms with Gasteiger partial charge >= 0.3 is 6.09 Å². The highest BCUT2D eigenvalue weighted by Crippen LogP contribution is 2.62. The molecule has 7 atom stereocenters. The summed E-state index contributed by atoms with van der Waals surface area (Å²) < 4.78 is 38.1. The number of allylic oxidation sites excluding steroid dienone is 1. The minimum absolute atomic E-state index is 0.00137. The highest BCUT2D eigenvalue weighted by Gasteiger charge is 2.65. The fourth-order valence-electron chi connectivity index (χ4n) is 9.33. The first-order chi connectivity index (χ1) is 29.4. The fraction of sp³-hybridized carbons (Fsp3) is 0.587. The molecule has 2 fully saturated rings. The number of hydrogen-bond acceptors (Lipinski definition) is 13. The van der Waals surface area contributed by atoms with E-state index in [1.165, 1.54) is 0 Å². The molecule has 14 heteroatoms. The van der Waals surface area contributed by atoms with Crippen LogP contribution in [0.15, 0.2) is 71.9 Å². The van der Waals surface area contributed by atoms with E-state index < -0.39 is 30.1 Å². The largest absolute Gasteiger partial charge is 0.459 e. The predicted octanol–water partition coefficient (Wildman–Crippen LogP) is 6.92. The van der Waals surface area contributed by atoms with Gasteiger partial charge in [-0.05, 0) is 93.2 Å². The molecule has 0 radical (unpaired) electrons. The van der Waals surface area contributed by atoms with Gasteiger partial charge in [-0.1, -0.05) is 42.3 Å². The molecule has 2 aromatic carbocycles. The Hall–Kier alpha value is -4.31. The van der Waals surface area contributed by atoms with Gasteiger partial charge in [-0.15, -0.1) is 6.58 Å². The number of unbranched alkanes of at least 4 members (excludes halogenated alkanes) is 2.